The molecule has 3 nitrogen and oxygen atoms in total. The standard InChI is InChI=1S/C15H22N2O/c18-15(17-12-14-9-10-16-11-14)8-4-7-13-5-2-1-3-6-13/h1-3,5-6,14,16H,4,7-12H2,(H,17,18). The fourth-order valence-corrected chi connectivity index (χ4v) is 2.33. The van der Waals surface area contributed by atoms with Crippen LogP contribution in [0.4, 0.5) is 0 Å². The van der Waals surface area contributed by atoms with E-state index in [0.717, 1.165) is 32.5 Å². The largest absolute Gasteiger partial charge is 0.356 e. The van der Waals surface area contributed by atoms with Crippen LogP contribution in [0.2, 0.25) is 0 Å². The number of carbonyl (C=O) groups is 1. The zero-order valence-electron chi connectivity index (χ0n) is 10.8. The Morgan fingerprint density at radius 1 is 1.33 bits per heavy atom. The zero-order valence-corrected chi connectivity index (χ0v) is 10.8. The van der Waals surface area contributed by atoms with Crippen LogP contribution in [-0.4, -0.2) is 25.5 Å². The molecular formula is C15H22N2O. The van der Waals surface area contributed by atoms with Crippen molar-refractivity contribution in [3.8, 4) is 0 Å². The first kappa shape index (κ1) is 13.1. The third-order valence-corrected chi connectivity index (χ3v) is 3.46. The van der Waals surface area contributed by atoms with E-state index in [4.69, 9.17) is 0 Å². The first-order chi connectivity index (χ1) is 8.84. The van der Waals surface area contributed by atoms with Gasteiger partial charge in [-0.2, -0.15) is 0 Å². The smallest absolute Gasteiger partial charge is 0.220 e. The molecule has 1 fully saturated rings. The van der Waals surface area contributed by atoms with E-state index in [1.54, 1.807) is 0 Å². The second-order valence-corrected chi connectivity index (χ2v) is 5.00. The van der Waals surface area contributed by atoms with Crippen molar-refractivity contribution in [3.05, 3.63) is 35.9 Å². The van der Waals surface area contributed by atoms with Crippen LogP contribution in [0.5, 0.6) is 0 Å². The maximum Gasteiger partial charge on any atom is 0.220 e. The maximum atomic E-state index is 11.7. The molecule has 1 unspecified atom stereocenters. The van der Waals surface area contributed by atoms with Crippen LogP contribution in [0, 0.1) is 5.92 Å². The number of hydrogen-bond donors (Lipinski definition) is 2. The SMILES string of the molecule is O=C(CCCc1ccccc1)NCC1CCNC1. The van der Waals surface area contributed by atoms with Crippen molar-refractivity contribution in [3.63, 3.8) is 0 Å². The van der Waals surface area contributed by atoms with Gasteiger partial charge in [0, 0.05) is 13.0 Å². The van der Waals surface area contributed by atoms with E-state index in [0.29, 0.717) is 12.3 Å². The first-order valence-corrected chi connectivity index (χ1v) is 6.86. The van der Waals surface area contributed by atoms with E-state index < -0.39 is 0 Å². The molecule has 1 heterocycles. The highest BCUT2D eigenvalue weighted by Gasteiger charge is 2.14. The van der Waals surface area contributed by atoms with Crippen LogP contribution < -0.4 is 10.6 Å². The van der Waals surface area contributed by atoms with Crippen molar-refractivity contribution >= 4 is 5.91 Å². The summed E-state index contributed by atoms with van der Waals surface area (Å²) in [6.07, 6.45) is 3.73. The number of hydrogen-bond acceptors (Lipinski definition) is 2. The van der Waals surface area contributed by atoms with Gasteiger partial charge in [-0.15, -0.1) is 0 Å². The summed E-state index contributed by atoms with van der Waals surface area (Å²) >= 11 is 0. The van der Waals surface area contributed by atoms with Gasteiger partial charge in [-0.1, -0.05) is 30.3 Å². The van der Waals surface area contributed by atoms with E-state index in [-0.39, 0.29) is 5.91 Å². The molecule has 0 saturated carbocycles. The molecule has 98 valence electrons. The van der Waals surface area contributed by atoms with E-state index >= 15 is 0 Å². The van der Waals surface area contributed by atoms with Crippen LogP contribution in [0.1, 0.15) is 24.8 Å². The highest BCUT2D eigenvalue weighted by molar-refractivity contribution is 5.75. The molecule has 1 aromatic rings. The van der Waals surface area contributed by atoms with Gasteiger partial charge in [-0.3, -0.25) is 4.79 Å². The quantitative estimate of drug-likeness (QED) is 0.802. The van der Waals surface area contributed by atoms with Gasteiger partial charge in [0.2, 0.25) is 5.91 Å². The molecule has 1 atom stereocenters. The summed E-state index contributed by atoms with van der Waals surface area (Å²) in [5.74, 6) is 0.820. The summed E-state index contributed by atoms with van der Waals surface area (Å²) in [5, 5.41) is 6.34. The molecule has 2 rings (SSSR count). The highest BCUT2D eigenvalue weighted by Crippen LogP contribution is 2.06. The zero-order chi connectivity index (χ0) is 12.6. The molecule has 0 bridgehead atoms. The minimum absolute atomic E-state index is 0.192. The van der Waals surface area contributed by atoms with Crippen molar-refractivity contribution < 1.29 is 4.79 Å². The predicted molar refractivity (Wildman–Crippen MR) is 73.4 cm³/mol. The highest BCUT2D eigenvalue weighted by atomic mass is 16.1. The third-order valence-electron chi connectivity index (χ3n) is 3.46. The molecule has 2 N–H and O–H groups in total. The average Bonchev–Trinajstić information content (AvgIpc) is 2.91. The lowest BCUT2D eigenvalue weighted by Crippen LogP contribution is -2.30. The number of amides is 1. The van der Waals surface area contributed by atoms with Crippen LogP contribution >= 0.6 is 0 Å². The Hall–Kier alpha value is -1.35. The second-order valence-electron chi connectivity index (χ2n) is 5.00. The minimum Gasteiger partial charge on any atom is -0.356 e. The average molecular weight is 246 g/mol. The molecule has 1 aliphatic heterocycles. The van der Waals surface area contributed by atoms with E-state index in [1.165, 1.54) is 12.0 Å². The van der Waals surface area contributed by atoms with Gasteiger partial charge >= 0.3 is 0 Å². The summed E-state index contributed by atoms with van der Waals surface area (Å²) in [6.45, 7) is 2.97. The Kier molecular flexibility index (Phi) is 5.21. The van der Waals surface area contributed by atoms with Gasteiger partial charge in [0.1, 0.15) is 0 Å². The molecule has 0 aliphatic carbocycles. The van der Waals surface area contributed by atoms with Crippen molar-refractivity contribution in [2.45, 2.75) is 25.7 Å². The fourth-order valence-electron chi connectivity index (χ4n) is 2.33. The number of aryl methyl sites for hydroxylation is 1. The van der Waals surface area contributed by atoms with Crippen molar-refractivity contribution in [2.75, 3.05) is 19.6 Å². The molecular weight excluding hydrogens is 224 g/mol. The van der Waals surface area contributed by atoms with Gasteiger partial charge in [-0.05, 0) is 43.8 Å². The molecule has 18 heavy (non-hydrogen) atoms. The lowest BCUT2D eigenvalue weighted by Gasteiger charge is -2.09. The Morgan fingerprint density at radius 2 is 2.17 bits per heavy atom. The summed E-state index contributed by atoms with van der Waals surface area (Å²) in [4.78, 5) is 11.7. The van der Waals surface area contributed by atoms with Gasteiger partial charge < -0.3 is 10.6 Å². The first-order valence-electron chi connectivity index (χ1n) is 6.86. The van der Waals surface area contributed by atoms with Gasteiger partial charge in [0.25, 0.3) is 0 Å². The molecule has 3 heteroatoms. The van der Waals surface area contributed by atoms with Crippen LogP contribution in [0.15, 0.2) is 30.3 Å². The second kappa shape index (κ2) is 7.17. The van der Waals surface area contributed by atoms with Crippen molar-refractivity contribution in [2.24, 2.45) is 5.92 Å². The van der Waals surface area contributed by atoms with Crippen molar-refractivity contribution in [1.29, 1.82) is 0 Å². The topological polar surface area (TPSA) is 41.1 Å². The summed E-state index contributed by atoms with van der Waals surface area (Å²) in [7, 11) is 0. The predicted octanol–water partition coefficient (Wildman–Crippen LogP) is 1.73. The fraction of sp³-hybridized carbons (Fsp3) is 0.533. The Morgan fingerprint density at radius 3 is 2.89 bits per heavy atom. The third kappa shape index (κ3) is 4.49. The molecule has 0 radical (unpaired) electrons. The minimum atomic E-state index is 0.192. The van der Waals surface area contributed by atoms with Gasteiger partial charge in [-0.25, -0.2) is 0 Å². The molecule has 0 aromatic heterocycles. The number of benzene rings is 1. The molecule has 1 aromatic carbocycles. The van der Waals surface area contributed by atoms with Gasteiger partial charge in [0.15, 0.2) is 0 Å². The van der Waals surface area contributed by atoms with E-state index in [1.807, 2.05) is 18.2 Å². The summed E-state index contributed by atoms with van der Waals surface area (Å²) in [6, 6.07) is 10.3. The number of nitrogens with one attached hydrogen (secondary N) is 2. The lowest BCUT2D eigenvalue weighted by molar-refractivity contribution is -0.121. The van der Waals surface area contributed by atoms with Gasteiger partial charge in [0.05, 0.1) is 0 Å². The van der Waals surface area contributed by atoms with Crippen LogP contribution in [0.3, 0.4) is 0 Å². The summed E-state index contributed by atoms with van der Waals surface area (Å²) < 4.78 is 0. The summed E-state index contributed by atoms with van der Waals surface area (Å²) in [5.41, 5.74) is 1.31. The molecule has 1 aliphatic rings. The Balaban J connectivity index is 1.57. The lowest BCUT2D eigenvalue weighted by atomic mass is 10.1. The number of rotatable bonds is 6. The van der Waals surface area contributed by atoms with E-state index in [9.17, 15) is 4.79 Å². The van der Waals surface area contributed by atoms with Crippen LogP contribution in [0.25, 0.3) is 0 Å². The Bertz CT molecular complexity index is 358. The molecule has 1 saturated heterocycles. The van der Waals surface area contributed by atoms with Crippen molar-refractivity contribution in [1.82, 2.24) is 10.6 Å². The monoisotopic (exact) mass is 246 g/mol. The van der Waals surface area contributed by atoms with Crippen LogP contribution in [-0.2, 0) is 11.2 Å². The molecule has 1 amide bonds. The van der Waals surface area contributed by atoms with E-state index in [2.05, 4.69) is 22.8 Å². The number of carbonyl (C=O) groups excluding carboxylic acids is 1. The normalized spacial score (nSPS) is 18.8. The maximum absolute atomic E-state index is 11.7. The molecule has 0 spiro atoms. The Labute approximate surface area is 109 Å².